The Kier molecular flexibility index (Phi) is 7.91. The van der Waals surface area contributed by atoms with E-state index in [1.807, 2.05) is 6.92 Å². The van der Waals surface area contributed by atoms with Crippen LogP contribution in [-0.2, 0) is 9.47 Å². The molecule has 0 bridgehead atoms. The second-order valence-electron chi connectivity index (χ2n) is 2.68. The lowest BCUT2D eigenvalue weighted by Gasteiger charge is -2.03. The summed E-state index contributed by atoms with van der Waals surface area (Å²) in [4.78, 5) is 10.1. The Labute approximate surface area is 95.0 Å². The number of rotatable bonds is 3. The topological polar surface area (TPSA) is 35.5 Å². The van der Waals surface area contributed by atoms with E-state index in [-0.39, 0.29) is 6.29 Å². The van der Waals surface area contributed by atoms with E-state index in [1.165, 1.54) is 0 Å². The second kappa shape index (κ2) is 8.41. The fourth-order valence-corrected chi connectivity index (χ4v) is 0.847. The van der Waals surface area contributed by atoms with Crippen molar-refractivity contribution in [3.8, 4) is 0 Å². The summed E-state index contributed by atoms with van der Waals surface area (Å²) < 4.78 is 9.35. The highest BCUT2D eigenvalue weighted by atomic mass is 35.5. The minimum atomic E-state index is -0.0648. The molecule has 0 radical (unpaired) electrons. The summed E-state index contributed by atoms with van der Waals surface area (Å²) >= 11 is 5.59. The molecule has 0 saturated carbocycles. The van der Waals surface area contributed by atoms with Gasteiger partial charge in [-0.2, -0.15) is 0 Å². The van der Waals surface area contributed by atoms with Gasteiger partial charge >= 0.3 is 0 Å². The van der Waals surface area contributed by atoms with Crippen LogP contribution in [0.3, 0.4) is 0 Å². The van der Waals surface area contributed by atoms with Crippen molar-refractivity contribution in [1.82, 2.24) is 0 Å². The summed E-state index contributed by atoms with van der Waals surface area (Å²) in [5, 5.41) is 0.507. The SMILES string of the molecule is COC(C)OC.O=Cc1ccccc1Cl. The Hall–Kier alpha value is -0.900. The number of hydrogen-bond acceptors (Lipinski definition) is 3. The molecule has 0 unspecified atom stereocenters. The molecule has 1 aromatic carbocycles. The maximum atomic E-state index is 10.1. The highest BCUT2D eigenvalue weighted by Crippen LogP contribution is 2.11. The first kappa shape index (κ1) is 14.1. The van der Waals surface area contributed by atoms with Crippen molar-refractivity contribution in [3.05, 3.63) is 34.9 Å². The van der Waals surface area contributed by atoms with Crippen LogP contribution >= 0.6 is 11.6 Å². The molecule has 0 heterocycles. The largest absolute Gasteiger partial charge is 0.356 e. The van der Waals surface area contributed by atoms with E-state index < -0.39 is 0 Å². The fraction of sp³-hybridized carbons (Fsp3) is 0.364. The maximum Gasteiger partial charge on any atom is 0.154 e. The van der Waals surface area contributed by atoms with Crippen LogP contribution in [0.5, 0.6) is 0 Å². The van der Waals surface area contributed by atoms with Gasteiger partial charge in [-0.1, -0.05) is 29.8 Å². The number of ether oxygens (including phenoxy) is 2. The van der Waals surface area contributed by atoms with Crippen LogP contribution in [0, 0.1) is 0 Å². The Bertz CT molecular complexity index is 285. The van der Waals surface area contributed by atoms with E-state index in [2.05, 4.69) is 9.47 Å². The van der Waals surface area contributed by atoms with Gasteiger partial charge in [-0.25, -0.2) is 0 Å². The van der Waals surface area contributed by atoms with E-state index in [0.717, 1.165) is 6.29 Å². The molecule has 0 saturated heterocycles. The fourth-order valence-electron chi connectivity index (χ4n) is 0.667. The van der Waals surface area contributed by atoms with E-state index in [1.54, 1.807) is 38.5 Å². The molecule has 0 aromatic heterocycles. The van der Waals surface area contributed by atoms with Crippen molar-refractivity contribution < 1.29 is 14.3 Å². The maximum absolute atomic E-state index is 10.1. The normalized spacial score (nSPS) is 9.40. The first-order chi connectivity index (χ1) is 7.15. The van der Waals surface area contributed by atoms with Crippen LogP contribution in [0.2, 0.25) is 5.02 Å². The molecule has 1 rings (SSSR count). The van der Waals surface area contributed by atoms with Crippen molar-refractivity contribution in [1.29, 1.82) is 0 Å². The Morgan fingerprint density at radius 2 is 1.80 bits per heavy atom. The zero-order valence-electron chi connectivity index (χ0n) is 9.07. The molecule has 3 nitrogen and oxygen atoms in total. The molecule has 0 aliphatic carbocycles. The molecule has 0 amide bonds. The van der Waals surface area contributed by atoms with E-state index in [9.17, 15) is 4.79 Å². The summed E-state index contributed by atoms with van der Waals surface area (Å²) in [7, 11) is 3.21. The molecular formula is C11H15ClO3. The molecule has 15 heavy (non-hydrogen) atoms. The summed E-state index contributed by atoms with van der Waals surface area (Å²) in [5.74, 6) is 0. The molecule has 0 fully saturated rings. The van der Waals surface area contributed by atoms with E-state index in [4.69, 9.17) is 11.6 Å². The number of aldehydes is 1. The van der Waals surface area contributed by atoms with Crippen LogP contribution in [-0.4, -0.2) is 26.8 Å². The van der Waals surface area contributed by atoms with Gasteiger partial charge in [0.2, 0.25) is 0 Å². The van der Waals surface area contributed by atoms with Crippen LogP contribution in [0.25, 0.3) is 0 Å². The van der Waals surface area contributed by atoms with Gasteiger partial charge in [0.25, 0.3) is 0 Å². The van der Waals surface area contributed by atoms with Gasteiger partial charge in [-0.15, -0.1) is 0 Å². The third kappa shape index (κ3) is 6.23. The summed E-state index contributed by atoms with van der Waals surface area (Å²) in [6, 6.07) is 6.92. The molecule has 84 valence electrons. The molecule has 0 aliphatic rings. The zero-order chi connectivity index (χ0) is 11.7. The number of halogens is 1. The van der Waals surface area contributed by atoms with Gasteiger partial charge in [0, 0.05) is 19.8 Å². The molecular weight excluding hydrogens is 216 g/mol. The van der Waals surface area contributed by atoms with Gasteiger partial charge in [-0.05, 0) is 13.0 Å². The molecule has 0 aliphatic heterocycles. The molecule has 0 N–H and O–H groups in total. The quantitative estimate of drug-likeness (QED) is 0.592. The smallest absolute Gasteiger partial charge is 0.154 e. The first-order valence-corrected chi connectivity index (χ1v) is 4.78. The molecule has 1 aromatic rings. The minimum Gasteiger partial charge on any atom is -0.356 e. The Balaban J connectivity index is 0.000000288. The monoisotopic (exact) mass is 230 g/mol. The lowest BCUT2D eigenvalue weighted by Crippen LogP contribution is -2.05. The predicted octanol–water partition coefficient (Wildman–Crippen LogP) is 2.78. The van der Waals surface area contributed by atoms with Gasteiger partial charge in [0.1, 0.15) is 0 Å². The number of benzene rings is 1. The minimum absolute atomic E-state index is 0.0648. The van der Waals surface area contributed by atoms with Gasteiger partial charge < -0.3 is 9.47 Å². The summed E-state index contributed by atoms with van der Waals surface area (Å²) in [5.41, 5.74) is 0.541. The van der Waals surface area contributed by atoms with Crippen LogP contribution in [0.4, 0.5) is 0 Å². The number of carbonyl (C=O) groups is 1. The summed E-state index contributed by atoms with van der Waals surface area (Å²) in [6.45, 7) is 1.83. The number of methoxy groups -OCH3 is 2. The van der Waals surface area contributed by atoms with Gasteiger partial charge in [-0.3, -0.25) is 4.79 Å². The van der Waals surface area contributed by atoms with Crippen LogP contribution in [0.1, 0.15) is 17.3 Å². The standard InChI is InChI=1S/C7H5ClO.C4H10O2/c8-7-4-2-1-3-6(7)5-9;1-4(5-2)6-3/h1-5H;4H,1-3H3. The predicted molar refractivity (Wildman–Crippen MR) is 60.3 cm³/mol. The molecule has 0 atom stereocenters. The number of carbonyl (C=O) groups excluding carboxylic acids is 1. The van der Waals surface area contributed by atoms with Crippen molar-refractivity contribution in [3.63, 3.8) is 0 Å². The lowest BCUT2D eigenvalue weighted by molar-refractivity contribution is -0.0877. The lowest BCUT2D eigenvalue weighted by atomic mass is 10.2. The summed E-state index contributed by atoms with van der Waals surface area (Å²) in [6.07, 6.45) is 0.674. The van der Waals surface area contributed by atoms with Crippen molar-refractivity contribution in [2.45, 2.75) is 13.2 Å². The third-order valence-electron chi connectivity index (χ3n) is 1.70. The Morgan fingerprint density at radius 3 is 2.07 bits per heavy atom. The third-order valence-corrected chi connectivity index (χ3v) is 2.04. The molecule has 4 heteroatoms. The van der Waals surface area contributed by atoms with Crippen molar-refractivity contribution in [2.75, 3.05) is 14.2 Å². The first-order valence-electron chi connectivity index (χ1n) is 4.41. The molecule has 0 spiro atoms. The van der Waals surface area contributed by atoms with Crippen LogP contribution in [0.15, 0.2) is 24.3 Å². The Morgan fingerprint density at radius 1 is 1.27 bits per heavy atom. The highest BCUT2D eigenvalue weighted by molar-refractivity contribution is 6.32. The number of hydrogen-bond donors (Lipinski definition) is 0. The van der Waals surface area contributed by atoms with Gasteiger partial charge in [0.05, 0.1) is 5.02 Å². The average molecular weight is 231 g/mol. The van der Waals surface area contributed by atoms with E-state index >= 15 is 0 Å². The van der Waals surface area contributed by atoms with Gasteiger partial charge in [0.15, 0.2) is 12.6 Å². The highest BCUT2D eigenvalue weighted by Gasteiger charge is 1.92. The van der Waals surface area contributed by atoms with Crippen LogP contribution < -0.4 is 0 Å². The zero-order valence-corrected chi connectivity index (χ0v) is 9.82. The second-order valence-corrected chi connectivity index (χ2v) is 3.09. The average Bonchev–Trinajstić information content (AvgIpc) is 2.29. The van der Waals surface area contributed by atoms with Crippen molar-refractivity contribution >= 4 is 17.9 Å². The van der Waals surface area contributed by atoms with E-state index in [0.29, 0.717) is 10.6 Å². The van der Waals surface area contributed by atoms with Crippen molar-refractivity contribution in [2.24, 2.45) is 0 Å².